The zero-order chi connectivity index (χ0) is 15.0. The highest BCUT2D eigenvalue weighted by atomic mass is 79.9. The lowest BCUT2D eigenvalue weighted by molar-refractivity contribution is 0.171. The Morgan fingerprint density at radius 1 is 1.10 bits per heavy atom. The maximum atomic E-state index is 14.0. The van der Waals surface area contributed by atoms with E-state index < -0.39 is 6.04 Å². The first-order chi connectivity index (χ1) is 10.1. The van der Waals surface area contributed by atoms with Crippen LogP contribution in [0.1, 0.15) is 17.2 Å². The molecule has 21 heavy (non-hydrogen) atoms. The standard InChI is InChI=1S/C15H12BrClFNO2/c16-8-1-2-12(18)10(5-8)15(19)9-6-13-14(7-11(9)17)21-4-3-20-13/h1-2,5-7,15H,3-4,19H2. The van der Waals surface area contributed by atoms with E-state index in [0.29, 0.717) is 40.9 Å². The summed E-state index contributed by atoms with van der Waals surface area (Å²) in [4.78, 5) is 0. The number of nitrogens with two attached hydrogens (primary N) is 1. The molecule has 0 amide bonds. The second-order valence-corrected chi connectivity index (χ2v) is 5.98. The van der Waals surface area contributed by atoms with Gasteiger partial charge in [-0.1, -0.05) is 27.5 Å². The smallest absolute Gasteiger partial charge is 0.162 e. The predicted molar refractivity (Wildman–Crippen MR) is 82.6 cm³/mol. The molecule has 0 spiro atoms. The van der Waals surface area contributed by atoms with E-state index >= 15 is 0 Å². The number of rotatable bonds is 2. The van der Waals surface area contributed by atoms with Crippen LogP contribution in [0.2, 0.25) is 5.02 Å². The highest BCUT2D eigenvalue weighted by Gasteiger charge is 2.21. The van der Waals surface area contributed by atoms with Crippen molar-refractivity contribution in [3.05, 3.63) is 56.8 Å². The van der Waals surface area contributed by atoms with Crippen LogP contribution in [0.25, 0.3) is 0 Å². The molecule has 0 fully saturated rings. The van der Waals surface area contributed by atoms with Crippen LogP contribution in [0.4, 0.5) is 4.39 Å². The van der Waals surface area contributed by atoms with Gasteiger partial charge in [-0.2, -0.15) is 0 Å². The summed E-state index contributed by atoms with van der Waals surface area (Å²) in [5.41, 5.74) is 7.14. The fourth-order valence-electron chi connectivity index (χ4n) is 2.24. The third kappa shape index (κ3) is 2.86. The van der Waals surface area contributed by atoms with Crippen molar-refractivity contribution in [2.75, 3.05) is 13.2 Å². The van der Waals surface area contributed by atoms with Gasteiger partial charge in [-0.25, -0.2) is 4.39 Å². The van der Waals surface area contributed by atoms with Gasteiger partial charge in [-0.15, -0.1) is 0 Å². The second-order valence-electron chi connectivity index (χ2n) is 4.66. The molecular weight excluding hydrogens is 361 g/mol. The average Bonchev–Trinajstić information content (AvgIpc) is 2.48. The lowest BCUT2D eigenvalue weighted by Gasteiger charge is -2.22. The molecule has 2 aromatic rings. The number of fused-ring (bicyclic) bond motifs is 1. The molecular formula is C15H12BrClFNO2. The minimum Gasteiger partial charge on any atom is -0.486 e. The number of hydrogen-bond acceptors (Lipinski definition) is 3. The van der Waals surface area contributed by atoms with Gasteiger partial charge < -0.3 is 15.2 Å². The number of hydrogen-bond donors (Lipinski definition) is 1. The van der Waals surface area contributed by atoms with Crippen molar-refractivity contribution >= 4 is 27.5 Å². The molecule has 6 heteroatoms. The Labute approximate surface area is 134 Å². The minimum atomic E-state index is -0.689. The molecule has 2 N–H and O–H groups in total. The van der Waals surface area contributed by atoms with E-state index in [4.69, 9.17) is 26.8 Å². The number of benzene rings is 2. The van der Waals surface area contributed by atoms with Crippen molar-refractivity contribution in [1.82, 2.24) is 0 Å². The monoisotopic (exact) mass is 371 g/mol. The average molecular weight is 373 g/mol. The first kappa shape index (κ1) is 14.6. The third-order valence-electron chi connectivity index (χ3n) is 3.29. The van der Waals surface area contributed by atoms with Crippen molar-refractivity contribution in [3.63, 3.8) is 0 Å². The molecule has 3 nitrogen and oxygen atoms in total. The van der Waals surface area contributed by atoms with Crippen LogP contribution < -0.4 is 15.2 Å². The van der Waals surface area contributed by atoms with Crippen molar-refractivity contribution in [1.29, 1.82) is 0 Å². The maximum absolute atomic E-state index is 14.0. The van der Waals surface area contributed by atoms with Crippen LogP contribution in [0.3, 0.4) is 0 Å². The maximum Gasteiger partial charge on any atom is 0.162 e. The Morgan fingerprint density at radius 2 is 1.76 bits per heavy atom. The second kappa shape index (κ2) is 5.83. The van der Waals surface area contributed by atoms with Gasteiger partial charge in [0.05, 0.1) is 6.04 Å². The van der Waals surface area contributed by atoms with Crippen LogP contribution in [0, 0.1) is 5.82 Å². The van der Waals surface area contributed by atoms with E-state index in [2.05, 4.69) is 15.9 Å². The largest absolute Gasteiger partial charge is 0.486 e. The van der Waals surface area contributed by atoms with Crippen molar-refractivity contribution in [3.8, 4) is 11.5 Å². The summed E-state index contributed by atoms with van der Waals surface area (Å²) in [6, 6.07) is 7.31. The fourth-order valence-corrected chi connectivity index (χ4v) is 2.89. The van der Waals surface area contributed by atoms with Crippen LogP contribution in [-0.4, -0.2) is 13.2 Å². The minimum absolute atomic E-state index is 0.364. The van der Waals surface area contributed by atoms with E-state index in [1.165, 1.54) is 6.07 Å². The number of ether oxygens (including phenoxy) is 2. The predicted octanol–water partition coefficient (Wildman–Crippen LogP) is 4.06. The zero-order valence-electron chi connectivity index (χ0n) is 10.9. The summed E-state index contributed by atoms with van der Waals surface area (Å²) >= 11 is 9.56. The molecule has 1 aliphatic heterocycles. The first-order valence-electron chi connectivity index (χ1n) is 6.36. The first-order valence-corrected chi connectivity index (χ1v) is 7.53. The van der Waals surface area contributed by atoms with Gasteiger partial charge in [0.25, 0.3) is 0 Å². The Hall–Kier alpha value is -1.30. The topological polar surface area (TPSA) is 44.5 Å². The molecule has 1 unspecified atom stereocenters. The highest BCUT2D eigenvalue weighted by molar-refractivity contribution is 9.10. The normalized spacial score (nSPS) is 14.9. The molecule has 1 heterocycles. The fraction of sp³-hybridized carbons (Fsp3) is 0.200. The molecule has 0 aromatic heterocycles. The molecule has 3 rings (SSSR count). The molecule has 0 radical (unpaired) electrons. The molecule has 2 aromatic carbocycles. The Kier molecular flexibility index (Phi) is 4.06. The van der Waals surface area contributed by atoms with E-state index in [0.717, 1.165) is 4.47 Å². The Balaban J connectivity index is 2.05. The summed E-state index contributed by atoms with van der Waals surface area (Å²) in [7, 11) is 0. The Morgan fingerprint density at radius 3 is 2.48 bits per heavy atom. The summed E-state index contributed by atoms with van der Waals surface area (Å²) in [6.07, 6.45) is 0. The quantitative estimate of drug-likeness (QED) is 0.864. The van der Waals surface area contributed by atoms with Crippen LogP contribution in [0.15, 0.2) is 34.8 Å². The van der Waals surface area contributed by atoms with Gasteiger partial charge in [-0.3, -0.25) is 0 Å². The lowest BCUT2D eigenvalue weighted by atomic mass is 9.98. The van der Waals surface area contributed by atoms with Crippen LogP contribution >= 0.6 is 27.5 Å². The van der Waals surface area contributed by atoms with Crippen molar-refractivity contribution in [2.45, 2.75) is 6.04 Å². The highest BCUT2D eigenvalue weighted by Crippen LogP contribution is 2.39. The molecule has 1 atom stereocenters. The van der Waals surface area contributed by atoms with E-state index in [1.54, 1.807) is 24.3 Å². The Bertz CT molecular complexity index is 696. The summed E-state index contributed by atoms with van der Waals surface area (Å²) in [6.45, 7) is 0.948. The molecule has 110 valence electrons. The summed E-state index contributed by atoms with van der Waals surface area (Å²) in [5.74, 6) is 0.778. The van der Waals surface area contributed by atoms with Crippen LogP contribution in [-0.2, 0) is 0 Å². The van der Waals surface area contributed by atoms with Crippen molar-refractivity contribution < 1.29 is 13.9 Å². The summed E-state index contributed by atoms with van der Waals surface area (Å²) in [5, 5.41) is 0.422. The van der Waals surface area contributed by atoms with Gasteiger partial charge in [0.2, 0.25) is 0 Å². The zero-order valence-corrected chi connectivity index (χ0v) is 13.2. The molecule has 0 saturated heterocycles. The molecule has 0 bridgehead atoms. The number of halogens is 3. The van der Waals surface area contributed by atoms with Gasteiger partial charge in [-0.05, 0) is 29.8 Å². The van der Waals surface area contributed by atoms with Gasteiger partial charge in [0.15, 0.2) is 11.5 Å². The summed E-state index contributed by atoms with van der Waals surface area (Å²) < 4.78 is 25.7. The van der Waals surface area contributed by atoms with Gasteiger partial charge in [0, 0.05) is 21.1 Å². The van der Waals surface area contributed by atoms with Gasteiger partial charge >= 0.3 is 0 Å². The van der Waals surface area contributed by atoms with E-state index in [-0.39, 0.29) is 5.82 Å². The van der Waals surface area contributed by atoms with Crippen LogP contribution in [0.5, 0.6) is 11.5 Å². The molecule has 0 saturated carbocycles. The lowest BCUT2D eigenvalue weighted by Crippen LogP contribution is -2.18. The SMILES string of the molecule is NC(c1cc(Br)ccc1F)c1cc2c(cc1Cl)OCCO2. The van der Waals surface area contributed by atoms with E-state index in [9.17, 15) is 4.39 Å². The van der Waals surface area contributed by atoms with Crippen molar-refractivity contribution in [2.24, 2.45) is 5.73 Å². The van der Waals surface area contributed by atoms with E-state index in [1.807, 2.05) is 0 Å². The van der Waals surface area contributed by atoms with Gasteiger partial charge in [0.1, 0.15) is 19.0 Å². The third-order valence-corrected chi connectivity index (χ3v) is 4.11. The molecule has 1 aliphatic rings. The molecule has 0 aliphatic carbocycles.